The average molecular weight is 360 g/mol. The van der Waals surface area contributed by atoms with Gasteiger partial charge in [-0.15, -0.1) is 0 Å². The number of amides is 1. The summed E-state index contributed by atoms with van der Waals surface area (Å²) in [6.45, 7) is 0.194. The molecule has 0 aliphatic heterocycles. The first-order valence-corrected chi connectivity index (χ1v) is 9.26. The van der Waals surface area contributed by atoms with Gasteiger partial charge < -0.3 is 4.74 Å². The van der Waals surface area contributed by atoms with Crippen LogP contribution in [0.4, 0.5) is 10.5 Å². The number of carbonyl (C=O) groups excluding carboxylic acids is 1. The third kappa shape index (κ3) is 5.71. The minimum absolute atomic E-state index is 0.194. The molecule has 1 N–H and O–H groups in total. The minimum atomic E-state index is -0.503. The van der Waals surface area contributed by atoms with E-state index in [4.69, 9.17) is 27.0 Å². The van der Waals surface area contributed by atoms with Gasteiger partial charge in [0.05, 0.1) is 0 Å². The zero-order valence-corrected chi connectivity index (χ0v) is 13.9. The predicted octanol–water partition coefficient (Wildman–Crippen LogP) is 5.98. The minimum Gasteiger partial charge on any atom is -0.444 e. The summed E-state index contributed by atoms with van der Waals surface area (Å²) in [6.07, 6.45) is -0.503. The molecule has 0 saturated heterocycles. The van der Waals surface area contributed by atoms with E-state index >= 15 is 0 Å². The molecule has 0 heterocycles. The summed E-state index contributed by atoms with van der Waals surface area (Å²) in [6, 6.07) is 14.4. The van der Waals surface area contributed by atoms with Gasteiger partial charge in [-0.05, 0) is 63.4 Å². The van der Waals surface area contributed by atoms with Crippen LogP contribution in [0.25, 0.3) is 0 Å². The van der Waals surface area contributed by atoms with Gasteiger partial charge in [-0.3, -0.25) is 5.32 Å². The van der Waals surface area contributed by atoms with Crippen LogP contribution >= 0.6 is 43.1 Å². The van der Waals surface area contributed by atoms with Gasteiger partial charge >= 0.3 is 6.09 Å². The van der Waals surface area contributed by atoms with E-state index in [-0.39, 0.29) is 6.61 Å². The Bertz CT molecular complexity index is 591. The number of ether oxygens (including phenoxy) is 1. The second-order valence-corrected chi connectivity index (χ2v) is 7.21. The highest BCUT2D eigenvalue weighted by Gasteiger charge is 2.04. The highest BCUT2D eigenvalue weighted by atomic mass is 35.7. The van der Waals surface area contributed by atoms with Gasteiger partial charge in [-0.1, -0.05) is 23.7 Å². The lowest BCUT2D eigenvalue weighted by Gasteiger charge is -2.07. The Morgan fingerprint density at radius 1 is 1.10 bits per heavy atom. The zero-order valence-electron chi connectivity index (χ0n) is 10.7. The van der Waals surface area contributed by atoms with Gasteiger partial charge in [0.15, 0.2) is 0 Å². The Morgan fingerprint density at radius 2 is 1.76 bits per heavy atom. The van der Waals surface area contributed by atoms with E-state index in [2.05, 4.69) is 5.32 Å². The molecule has 3 nitrogen and oxygen atoms in total. The Balaban J connectivity index is 1.82. The molecular weight excluding hydrogens is 349 g/mol. The second kappa shape index (κ2) is 8.44. The molecule has 0 aliphatic rings. The van der Waals surface area contributed by atoms with Crippen molar-refractivity contribution in [3.63, 3.8) is 0 Å². The van der Waals surface area contributed by atoms with Gasteiger partial charge in [0.1, 0.15) is 6.61 Å². The van der Waals surface area contributed by atoms with Crippen molar-refractivity contribution in [1.82, 2.24) is 0 Å². The fraction of sp³-hybridized carbons (Fsp3) is 0.0714. The molecule has 0 atom stereocenters. The summed E-state index contributed by atoms with van der Waals surface area (Å²) in [4.78, 5) is 12.7. The summed E-state index contributed by atoms with van der Waals surface area (Å²) < 4.78 is 5.13. The van der Waals surface area contributed by atoms with E-state index in [0.717, 1.165) is 20.5 Å². The lowest BCUT2D eigenvalue weighted by Crippen LogP contribution is -2.13. The van der Waals surface area contributed by atoms with Crippen LogP contribution in [0.5, 0.6) is 0 Å². The van der Waals surface area contributed by atoms with Crippen LogP contribution in [0.15, 0.2) is 53.4 Å². The summed E-state index contributed by atoms with van der Waals surface area (Å²) >= 11 is 5.79. The van der Waals surface area contributed by atoms with Crippen molar-refractivity contribution in [3.8, 4) is 0 Å². The summed E-state index contributed by atoms with van der Waals surface area (Å²) in [5.41, 5.74) is 1.54. The van der Waals surface area contributed by atoms with Crippen LogP contribution in [-0.2, 0) is 11.3 Å². The van der Waals surface area contributed by atoms with Crippen molar-refractivity contribution in [2.45, 2.75) is 11.5 Å². The molecule has 0 saturated carbocycles. The third-order valence-corrected chi connectivity index (χ3v) is 4.62. The van der Waals surface area contributed by atoms with Crippen molar-refractivity contribution in [1.29, 1.82) is 0 Å². The highest BCUT2D eigenvalue weighted by molar-refractivity contribution is 8.85. The predicted molar refractivity (Wildman–Crippen MR) is 91.0 cm³/mol. The van der Waals surface area contributed by atoms with Crippen molar-refractivity contribution in [3.05, 3.63) is 59.1 Å². The summed E-state index contributed by atoms with van der Waals surface area (Å²) in [5.74, 6) is 0. The molecule has 2 aromatic rings. The van der Waals surface area contributed by atoms with Crippen molar-refractivity contribution < 1.29 is 9.53 Å². The number of anilines is 1. The van der Waals surface area contributed by atoms with Crippen molar-refractivity contribution >= 4 is 54.9 Å². The number of benzene rings is 2. The highest BCUT2D eigenvalue weighted by Crippen LogP contribution is 2.34. The van der Waals surface area contributed by atoms with Crippen LogP contribution in [0.2, 0.25) is 5.02 Å². The van der Waals surface area contributed by atoms with E-state index in [1.54, 1.807) is 24.3 Å². The molecule has 0 aliphatic carbocycles. The number of hydrogen-bond donors (Lipinski definition) is 1. The van der Waals surface area contributed by atoms with Crippen molar-refractivity contribution in [2.75, 3.05) is 5.32 Å². The zero-order chi connectivity index (χ0) is 15.1. The van der Waals surface area contributed by atoms with Crippen LogP contribution in [0.1, 0.15) is 5.56 Å². The Kier molecular flexibility index (Phi) is 6.57. The fourth-order valence-corrected chi connectivity index (χ4v) is 3.17. The normalized spacial score (nSPS) is 10.2. The van der Waals surface area contributed by atoms with Gasteiger partial charge in [-0.25, -0.2) is 4.79 Å². The first kappa shape index (κ1) is 16.4. The first-order valence-electron chi connectivity index (χ1n) is 5.91. The maximum atomic E-state index is 11.7. The second-order valence-electron chi connectivity index (χ2n) is 4.00. The topological polar surface area (TPSA) is 38.3 Å². The number of rotatable bonds is 5. The molecule has 1 amide bonds. The number of halogens is 2. The average Bonchev–Trinajstić information content (AvgIpc) is 2.49. The van der Waals surface area contributed by atoms with E-state index in [9.17, 15) is 4.79 Å². The van der Waals surface area contributed by atoms with E-state index in [1.165, 1.54) is 10.8 Å². The molecule has 0 aromatic heterocycles. The van der Waals surface area contributed by atoms with Crippen LogP contribution in [-0.4, -0.2) is 6.09 Å². The van der Waals surface area contributed by atoms with E-state index in [0.29, 0.717) is 10.7 Å². The smallest absolute Gasteiger partial charge is 0.411 e. The lowest BCUT2D eigenvalue weighted by molar-refractivity contribution is 0.155. The largest absolute Gasteiger partial charge is 0.444 e. The summed E-state index contributed by atoms with van der Waals surface area (Å²) in [7, 11) is 8.14. The molecule has 0 unspecified atom stereocenters. The number of hydrogen-bond acceptors (Lipinski definition) is 4. The first-order chi connectivity index (χ1) is 10.2. The standard InChI is InChI=1S/C14H11Cl2NO2S2/c15-11-3-1-10(2-4-11)9-19-14(18)17-12-5-7-13(8-6-12)20-21-16/h1-8H,9H2,(H,17,18). The van der Waals surface area contributed by atoms with Crippen LogP contribution in [0.3, 0.4) is 0 Å². The Morgan fingerprint density at radius 3 is 2.38 bits per heavy atom. The molecule has 2 rings (SSSR count). The maximum Gasteiger partial charge on any atom is 0.411 e. The molecule has 0 spiro atoms. The fourth-order valence-electron chi connectivity index (χ4n) is 1.51. The Hall–Kier alpha value is -1.01. The third-order valence-electron chi connectivity index (χ3n) is 2.51. The molecule has 0 fully saturated rings. The number of nitrogens with one attached hydrogen (secondary N) is 1. The molecule has 2 aromatic carbocycles. The maximum absolute atomic E-state index is 11.7. The van der Waals surface area contributed by atoms with Gasteiger partial charge in [0.2, 0.25) is 0 Å². The molecule has 0 bridgehead atoms. The molecule has 0 radical (unpaired) electrons. The van der Waals surface area contributed by atoms with Gasteiger partial charge in [0, 0.05) is 25.6 Å². The van der Waals surface area contributed by atoms with Crippen LogP contribution < -0.4 is 5.32 Å². The molecule has 7 heteroatoms. The monoisotopic (exact) mass is 359 g/mol. The van der Waals surface area contributed by atoms with E-state index < -0.39 is 6.09 Å². The summed E-state index contributed by atoms with van der Waals surface area (Å²) in [5, 5.41) is 3.31. The van der Waals surface area contributed by atoms with Crippen molar-refractivity contribution in [2.24, 2.45) is 0 Å². The van der Waals surface area contributed by atoms with Gasteiger partial charge in [0.25, 0.3) is 0 Å². The quantitative estimate of drug-likeness (QED) is 0.666. The number of carbonyl (C=O) groups is 1. The van der Waals surface area contributed by atoms with Gasteiger partial charge in [-0.2, -0.15) is 0 Å². The van der Waals surface area contributed by atoms with E-state index in [1.807, 2.05) is 24.3 Å². The Labute approximate surface area is 140 Å². The lowest BCUT2D eigenvalue weighted by atomic mass is 10.2. The molecule has 21 heavy (non-hydrogen) atoms. The molecule has 110 valence electrons. The van der Waals surface area contributed by atoms with Crippen LogP contribution in [0, 0.1) is 0 Å². The molecular formula is C14H11Cl2NO2S2. The SMILES string of the molecule is O=C(Nc1ccc(SSCl)cc1)OCc1ccc(Cl)cc1.